The van der Waals surface area contributed by atoms with E-state index in [0.29, 0.717) is 48.9 Å². The van der Waals surface area contributed by atoms with E-state index in [9.17, 15) is 55.7 Å². The molecule has 2 amide bonds. The third kappa shape index (κ3) is 7.31. The minimum absolute atomic E-state index is 0.116. The third-order valence-electron chi connectivity index (χ3n) is 9.92. The normalized spacial score (nSPS) is 22.1. The number of carbonyl (C=O) groups is 4. The van der Waals surface area contributed by atoms with E-state index >= 15 is 0 Å². The number of hydrogen-bond donors (Lipinski definition) is 4. The lowest BCUT2D eigenvalue weighted by Gasteiger charge is -2.39. The summed E-state index contributed by atoms with van der Waals surface area (Å²) in [6.45, 7) is 2.24. The summed E-state index contributed by atoms with van der Waals surface area (Å²) in [6.07, 6.45) is -4.01. The minimum atomic E-state index is -6.18. The summed E-state index contributed by atoms with van der Waals surface area (Å²) < 4.78 is 89.6. The number of carbonyl (C=O) groups excluding carboxylic acids is 2. The Morgan fingerprint density at radius 1 is 0.667 bits per heavy atom. The van der Waals surface area contributed by atoms with Crippen LogP contribution >= 0.6 is 0 Å². The van der Waals surface area contributed by atoms with E-state index in [0.717, 1.165) is 32.2 Å². The summed E-state index contributed by atoms with van der Waals surface area (Å²) in [5, 5.41) is 24.0. The van der Waals surface area contributed by atoms with Gasteiger partial charge in [0.2, 0.25) is 5.41 Å². The van der Waals surface area contributed by atoms with E-state index in [1.54, 1.807) is 0 Å². The zero-order valence-corrected chi connectivity index (χ0v) is 26.4. The van der Waals surface area contributed by atoms with Crippen LogP contribution in [-0.2, 0) is 5.41 Å². The molecule has 8 nitrogen and oxygen atoms in total. The molecule has 2 aromatic rings. The van der Waals surface area contributed by atoms with Gasteiger partial charge in [0.05, 0.1) is 22.3 Å². The Kier molecular flexibility index (Phi) is 10.8. The van der Waals surface area contributed by atoms with E-state index in [-0.39, 0.29) is 12.1 Å². The van der Waals surface area contributed by atoms with E-state index in [1.807, 2.05) is 0 Å². The monoisotopic (exact) mass is 684 g/mol. The number of nitrogens with one attached hydrogen (secondary N) is 2. The van der Waals surface area contributed by atoms with Crippen LogP contribution in [0.4, 0.5) is 26.3 Å². The van der Waals surface area contributed by atoms with Crippen molar-refractivity contribution in [3.8, 4) is 0 Å². The number of aromatic carboxylic acids is 2. The summed E-state index contributed by atoms with van der Waals surface area (Å²) in [7, 11) is 1.09. The summed E-state index contributed by atoms with van der Waals surface area (Å²) in [5.74, 6) is -4.13. The molecule has 2 aliphatic rings. The minimum Gasteiger partial charge on any atom is -0.478 e. The number of carboxylic acid groups (broad SMARTS) is 2. The maximum atomic E-state index is 14.9. The van der Waals surface area contributed by atoms with Gasteiger partial charge in [0.25, 0.3) is 11.8 Å². The molecule has 2 fully saturated rings. The molecule has 14 heteroatoms. The fourth-order valence-corrected chi connectivity index (χ4v) is 7.26. The van der Waals surface area contributed by atoms with Crippen LogP contribution in [0, 0.1) is 17.8 Å². The third-order valence-corrected chi connectivity index (χ3v) is 9.92. The van der Waals surface area contributed by atoms with Crippen molar-refractivity contribution in [2.75, 3.05) is 7.05 Å². The Bertz CT molecular complexity index is 1530. The molecule has 262 valence electrons. The number of benzene rings is 2. The Morgan fingerprint density at radius 3 is 1.58 bits per heavy atom. The molecule has 0 aromatic heterocycles. The Labute approximate surface area is 273 Å². The molecule has 0 heterocycles. The van der Waals surface area contributed by atoms with Gasteiger partial charge in [-0.15, -0.1) is 0 Å². The van der Waals surface area contributed by atoms with Gasteiger partial charge in [-0.2, -0.15) is 26.3 Å². The van der Waals surface area contributed by atoms with E-state index < -0.39 is 80.9 Å². The molecule has 0 radical (unpaired) electrons. The lowest BCUT2D eigenvalue weighted by atomic mass is 9.71. The van der Waals surface area contributed by atoms with Crippen LogP contribution in [0.15, 0.2) is 36.4 Å². The van der Waals surface area contributed by atoms with E-state index in [4.69, 9.17) is 0 Å². The average molecular weight is 685 g/mol. The molecular formula is C34H38F6N2O6. The quantitative estimate of drug-likeness (QED) is 0.204. The molecule has 2 aliphatic carbocycles. The summed E-state index contributed by atoms with van der Waals surface area (Å²) in [4.78, 5) is 49.5. The number of alkyl halides is 6. The number of halogens is 6. The number of carboxylic acids is 2. The SMILES string of the molecule is CNC(=O)c1ccc(C(c2ccc(C(=O)O)c(C(=O)NC3CCC(CC4CCC(C)CC4)CC3)c2)(C(F)(F)F)C(F)(F)F)cc1C(=O)O. The van der Waals surface area contributed by atoms with Crippen LogP contribution < -0.4 is 10.6 Å². The molecule has 4 N–H and O–H groups in total. The van der Waals surface area contributed by atoms with Crippen molar-refractivity contribution >= 4 is 23.8 Å². The second kappa shape index (κ2) is 14.2. The maximum Gasteiger partial charge on any atom is 0.411 e. The van der Waals surface area contributed by atoms with Crippen molar-refractivity contribution in [1.29, 1.82) is 0 Å². The topological polar surface area (TPSA) is 133 Å². The fraction of sp³-hybridized carbons (Fsp3) is 0.529. The second-order valence-corrected chi connectivity index (χ2v) is 13.0. The molecule has 0 bridgehead atoms. The maximum absolute atomic E-state index is 14.9. The van der Waals surface area contributed by atoms with Gasteiger partial charge in [-0.05, 0) is 85.3 Å². The summed E-state index contributed by atoms with van der Waals surface area (Å²) >= 11 is 0. The van der Waals surface area contributed by atoms with Crippen LogP contribution in [-0.4, -0.2) is 59.4 Å². The van der Waals surface area contributed by atoms with Crippen molar-refractivity contribution < 1.29 is 55.7 Å². The second-order valence-electron chi connectivity index (χ2n) is 13.0. The van der Waals surface area contributed by atoms with Crippen LogP contribution in [0.25, 0.3) is 0 Å². The standard InChI is InChI=1S/C34H38F6N2O6/c1-18-3-5-19(6-4-18)15-20-7-11-23(12-8-20)42-29(44)26-16-21(10-14-25(26)30(45)46)32(33(35,36)37,34(38,39)40)22-9-13-24(28(43)41-2)27(17-22)31(47)48/h9-10,13-14,16-20,23H,3-8,11-12,15H2,1-2H3,(H,41,43)(H,42,44)(H,45,46)(H,47,48). The summed E-state index contributed by atoms with van der Waals surface area (Å²) in [6, 6.07) is 1.59. The first kappa shape index (κ1) is 36.7. The van der Waals surface area contributed by atoms with E-state index in [2.05, 4.69) is 17.6 Å². The Balaban J connectivity index is 1.71. The van der Waals surface area contributed by atoms with Crippen molar-refractivity contribution in [3.05, 3.63) is 69.8 Å². The molecule has 2 saturated carbocycles. The smallest absolute Gasteiger partial charge is 0.411 e. The molecule has 0 unspecified atom stereocenters. The average Bonchev–Trinajstić information content (AvgIpc) is 3.01. The van der Waals surface area contributed by atoms with Crippen molar-refractivity contribution in [1.82, 2.24) is 10.6 Å². The molecule has 0 saturated heterocycles. The van der Waals surface area contributed by atoms with Gasteiger partial charge in [-0.1, -0.05) is 44.7 Å². The van der Waals surface area contributed by atoms with Gasteiger partial charge in [0.15, 0.2) is 0 Å². The van der Waals surface area contributed by atoms with Crippen molar-refractivity contribution in [2.45, 2.75) is 88.5 Å². The highest BCUT2D eigenvalue weighted by Crippen LogP contribution is 2.56. The molecule has 48 heavy (non-hydrogen) atoms. The van der Waals surface area contributed by atoms with Gasteiger partial charge >= 0.3 is 24.3 Å². The molecule has 0 spiro atoms. The molecule has 0 aliphatic heterocycles. The molecular weight excluding hydrogens is 646 g/mol. The van der Waals surface area contributed by atoms with Crippen LogP contribution in [0.5, 0.6) is 0 Å². The first-order valence-corrected chi connectivity index (χ1v) is 15.8. The predicted molar refractivity (Wildman–Crippen MR) is 162 cm³/mol. The fourth-order valence-electron chi connectivity index (χ4n) is 7.26. The van der Waals surface area contributed by atoms with E-state index in [1.165, 1.54) is 25.7 Å². The molecule has 2 aromatic carbocycles. The molecule has 0 atom stereocenters. The first-order chi connectivity index (χ1) is 22.4. The van der Waals surface area contributed by atoms with Gasteiger partial charge in [-0.3, -0.25) is 9.59 Å². The molecule has 4 rings (SSSR count). The van der Waals surface area contributed by atoms with Crippen molar-refractivity contribution in [2.24, 2.45) is 17.8 Å². The number of rotatable bonds is 9. The number of amides is 2. The lowest BCUT2D eigenvalue weighted by Crippen LogP contribution is -2.55. The predicted octanol–water partition coefficient (Wildman–Crippen LogP) is 7.36. The highest BCUT2D eigenvalue weighted by Gasteiger charge is 2.72. The van der Waals surface area contributed by atoms with Crippen LogP contribution in [0.3, 0.4) is 0 Å². The highest BCUT2D eigenvalue weighted by atomic mass is 19.4. The summed E-state index contributed by atoms with van der Waals surface area (Å²) in [5.41, 5.74) is -11.6. The van der Waals surface area contributed by atoms with Gasteiger partial charge in [-0.25, -0.2) is 9.59 Å². The lowest BCUT2D eigenvalue weighted by molar-refractivity contribution is -0.288. The zero-order valence-electron chi connectivity index (χ0n) is 26.4. The van der Waals surface area contributed by atoms with Crippen LogP contribution in [0.1, 0.15) is 117 Å². The first-order valence-electron chi connectivity index (χ1n) is 15.8. The largest absolute Gasteiger partial charge is 0.478 e. The number of hydrogen-bond acceptors (Lipinski definition) is 4. The zero-order chi connectivity index (χ0) is 35.6. The van der Waals surface area contributed by atoms with Crippen molar-refractivity contribution in [3.63, 3.8) is 0 Å². The Hall–Kier alpha value is -4.10. The highest BCUT2D eigenvalue weighted by molar-refractivity contribution is 6.06. The Morgan fingerprint density at radius 2 is 1.12 bits per heavy atom. The van der Waals surface area contributed by atoms with Gasteiger partial charge in [0, 0.05) is 13.1 Å². The van der Waals surface area contributed by atoms with Gasteiger partial charge < -0.3 is 20.8 Å². The van der Waals surface area contributed by atoms with Gasteiger partial charge in [0.1, 0.15) is 0 Å². The van der Waals surface area contributed by atoms with Crippen LogP contribution in [0.2, 0.25) is 0 Å².